The molecule has 1 aromatic heterocycles. The summed E-state index contributed by atoms with van der Waals surface area (Å²) in [5, 5.41) is 4.19. The molecule has 0 amide bonds. The van der Waals surface area contributed by atoms with Gasteiger partial charge in [0.1, 0.15) is 11.6 Å². The quantitative estimate of drug-likeness (QED) is 0.623. The van der Waals surface area contributed by atoms with Gasteiger partial charge in [-0.05, 0) is 24.3 Å². The molecular formula is C17H12ClFN2O4. The van der Waals surface area contributed by atoms with Gasteiger partial charge in [-0.1, -0.05) is 35.0 Å². The second-order valence-corrected chi connectivity index (χ2v) is 5.31. The first-order valence-electron chi connectivity index (χ1n) is 7.23. The predicted octanol–water partition coefficient (Wildman–Crippen LogP) is 3.65. The van der Waals surface area contributed by atoms with Crippen LogP contribution in [0.5, 0.6) is 5.75 Å². The molecule has 1 heterocycles. The highest BCUT2D eigenvalue weighted by atomic mass is 35.5. The molecule has 0 N–H and O–H groups in total. The van der Waals surface area contributed by atoms with E-state index in [4.69, 9.17) is 25.6 Å². The largest absolute Gasteiger partial charge is 0.482 e. The Morgan fingerprint density at radius 2 is 2.04 bits per heavy atom. The van der Waals surface area contributed by atoms with Gasteiger partial charge < -0.3 is 14.0 Å². The Kier molecular flexibility index (Phi) is 5.25. The average molecular weight is 363 g/mol. The predicted molar refractivity (Wildman–Crippen MR) is 86.4 cm³/mol. The van der Waals surface area contributed by atoms with Crippen LogP contribution in [0.3, 0.4) is 0 Å². The number of esters is 1. The molecule has 3 aromatic rings. The van der Waals surface area contributed by atoms with Crippen molar-refractivity contribution < 1.29 is 23.2 Å². The van der Waals surface area contributed by atoms with Gasteiger partial charge in [-0.25, -0.2) is 9.18 Å². The second-order valence-electron chi connectivity index (χ2n) is 4.90. The molecular weight excluding hydrogens is 351 g/mol. The summed E-state index contributed by atoms with van der Waals surface area (Å²) in [4.78, 5) is 15.8. The van der Waals surface area contributed by atoms with Gasteiger partial charge in [0.15, 0.2) is 13.2 Å². The highest BCUT2D eigenvalue weighted by Crippen LogP contribution is 2.25. The smallest absolute Gasteiger partial charge is 0.344 e. The van der Waals surface area contributed by atoms with E-state index in [0.29, 0.717) is 10.6 Å². The van der Waals surface area contributed by atoms with Crippen LogP contribution in [0.2, 0.25) is 5.02 Å². The van der Waals surface area contributed by atoms with Crippen LogP contribution in [0.25, 0.3) is 11.5 Å². The summed E-state index contributed by atoms with van der Waals surface area (Å²) < 4.78 is 28.2. The third-order valence-corrected chi connectivity index (χ3v) is 3.42. The van der Waals surface area contributed by atoms with E-state index in [1.165, 1.54) is 24.3 Å². The monoisotopic (exact) mass is 362 g/mol. The minimum Gasteiger partial charge on any atom is -0.482 e. The maximum atomic E-state index is 13.0. The van der Waals surface area contributed by atoms with Gasteiger partial charge in [-0.2, -0.15) is 4.98 Å². The fraction of sp³-hybridized carbons (Fsp3) is 0.118. The number of carbonyl (C=O) groups is 1. The molecule has 0 fully saturated rings. The number of hydrogen-bond acceptors (Lipinski definition) is 6. The molecule has 2 aromatic carbocycles. The van der Waals surface area contributed by atoms with Crippen molar-refractivity contribution in [3.8, 4) is 17.2 Å². The van der Waals surface area contributed by atoms with Crippen molar-refractivity contribution in [1.82, 2.24) is 10.1 Å². The molecule has 0 radical (unpaired) electrons. The summed E-state index contributed by atoms with van der Waals surface area (Å²) in [7, 11) is 0. The van der Waals surface area contributed by atoms with Crippen LogP contribution in [0.1, 0.15) is 5.82 Å². The zero-order valence-electron chi connectivity index (χ0n) is 12.8. The summed E-state index contributed by atoms with van der Waals surface area (Å²) in [6.45, 7) is -0.544. The van der Waals surface area contributed by atoms with Crippen LogP contribution < -0.4 is 4.74 Å². The van der Waals surface area contributed by atoms with Crippen molar-refractivity contribution in [3.05, 3.63) is 65.2 Å². The molecule has 128 valence electrons. The third-order valence-electron chi connectivity index (χ3n) is 3.09. The number of nitrogens with zero attached hydrogens (tertiary/aromatic N) is 2. The average Bonchev–Trinajstić information content (AvgIpc) is 3.07. The number of ether oxygens (including phenoxy) is 2. The molecule has 0 saturated heterocycles. The van der Waals surface area contributed by atoms with Gasteiger partial charge >= 0.3 is 5.97 Å². The number of aromatic nitrogens is 2. The van der Waals surface area contributed by atoms with Gasteiger partial charge in [0, 0.05) is 6.07 Å². The standard InChI is InChI=1S/C17H12ClFN2O4/c18-14-7-2-1-6-13(14)17-20-15(21-25-17)9-24-16(22)10-23-12-5-3-4-11(19)8-12/h1-8H,9-10H2. The highest BCUT2D eigenvalue weighted by molar-refractivity contribution is 6.33. The van der Waals surface area contributed by atoms with Crippen molar-refractivity contribution >= 4 is 17.6 Å². The summed E-state index contributed by atoms with van der Waals surface area (Å²) in [6, 6.07) is 12.5. The van der Waals surface area contributed by atoms with Gasteiger partial charge in [0.05, 0.1) is 10.6 Å². The maximum absolute atomic E-state index is 13.0. The highest BCUT2D eigenvalue weighted by Gasteiger charge is 2.13. The molecule has 0 aliphatic heterocycles. The lowest BCUT2D eigenvalue weighted by Crippen LogP contribution is -2.15. The first-order chi connectivity index (χ1) is 12.1. The summed E-state index contributed by atoms with van der Waals surface area (Å²) >= 11 is 6.05. The van der Waals surface area contributed by atoms with Crippen molar-refractivity contribution in [2.75, 3.05) is 6.61 Å². The molecule has 0 bridgehead atoms. The lowest BCUT2D eigenvalue weighted by molar-refractivity contribution is -0.147. The SMILES string of the molecule is O=C(COc1cccc(F)c1)OCc1noc(-c2ccccc2Cl)n1. The van der Waals surface area contributed by atoms with E-state index in [1.807, 2.05) is 0 Å². The van der Waals surface area contributed by atoms with E-state index in [0.717, 1.165) is 0 Å². The molecule has 0 saturated carbocycles. The Labute approximate surface area is 147 Å². The van der Waals surface area contributed by atoms with Gasteiger partial charge in [0.25, 0.3) is 5.89 Å². The van der Waals surface area contributed by atoms with Gasteiger partial charge in [0.2, 0.25) is 5.82 Å². The normalized spacial score (nSPS) is 10.5. The van der Waals surface area contributed by atoms with E-state index < -0.39 is 11.8 Å². The number of hydrogen-bond donors (Lipinski definition) is 0. The number of carbonyl (C=O) groups excluding carboxylic acids is 1. The first-order valence-corrected chi connectivity index (χ1v) is 7.61. The van der Waals surface area contributed by atoms with E-state index in [-0.39, 0.29) is 30.7 Å². The van der Waals surface area contributed by atoms with E-state index >= 15 is 0 Å². The van der Waals surface area contributed by atoms with Crippen molar-refractivity contribution in [2.24, 2.45) is 0 Å². The van der Waals surface area contributed by atoms with Crippen LogP contribution in [0.15, 0.2) is 53.1 Å². The summed E-state index contributed by atoms with van der Waals surface area (Å²) in [6.07, 6.45) is 0. The summed E-state index contributed by atoms with van der Waals surface area (Å²) in [5.41, 5.74) is 0.587. The van der Waals surface area contributed by atoms with Crippen molar-refractivity contribution in [1.29, 1.82) is 0 Å². The minimum absolute atomic E-state index is 0.181. The molecule has 0 atom stereocenters. The van der Waals surface area contributed by atoms with Crippen LogP contribution >= 0.6 is 11.6 Å². The van der Waals surface area contributed by atoms with Gasteiger partial charge in [-0.3, -0.25) is 0 Å². The van der Waals surface area contributed by atoms with E-state index in [2.05, 4.69) is 10.1 Å². The Morgan fingerprint density at radius 3 is 2.84 bits per heavy atom. The van der Waals surface area contributed by atoms with Gasteiger partial charge in [-0.15, -0.1) is 0 Å². The molecule has 0 unspecified atom stereocenters. The van der Waals surface area contributed by atoms with E-state index in [1.54, 1.807) is 24.3 Å². The molecule has 0 spiro atoms. The lowest BCUT2D eigenvalue weighted by Gasteiger charge is -2.05. The fourth-order valence-electron chi connectivity index (χ4n) is 1.94. The van der Waals surface area contributed by atoms with Crippen LogP contribution in [0.4, 0.5) is 4.39 Å². The summed E-state index contributed by atoms with van der Waals surface area (Å²) in [5.74, 6) is -0.447. The second kappa shape index (κ2) is 7.76. The fourth-order valence-corrected chi connectivity index (χ4v) is 2.16. The van der Waals surface area contributed by atoms with Crippen molar-refractivity contribution in [3.63, 3.8) is 0 Å². The molecule has 0 aliphatic rings. The zero-order valence-corrected chi connectivity index (χ0v) is 13.6. The lowest BCUT2D eigenvalue weighted by atomic mass is 10.2. The molecule has 6 nitrogen and oxygen atoms in total. The number of benzene rings is 2. The molecule has 0 aliphatic carbocycles. The molecule has 25 heavy (non-hydrogen) atoms. The van der Waals surface area contributed by atoms with Crippen molar-refractivity contribution in [2.45, 2.75) is 6.61 Å². The Bertz CT molecular complexity index is 884. The third kappa shape index (κ3) is 4.54. The first kappa shape index (κ1) is 16.9. The Balaban J connectivity index is 1.52. The van der Waals surface area contributed by atoms with Crippen LogP contribution in [-0.4, -0.2) is 22.7 Å². The van der Waals surface area contributed by atoms with Crippen LogP contribution in [0, 0.1) is 5.82 Å². The van der Waals surface area contributed by atoms with E-state index in [9.17, 15) is 9.18 Å². The Hall–Kier alpha value is -2.93. The Morgan fingerprint density at radius 1 is 1.20 bits per heavy atom. The topological polar surface area (TPSA) is 74.5 Å². The van der Waals surface area contributed by atoms with Crippen LogP contribution in [-0.2, 0) is 16.1 Å². The zero-order chi connectivity index (χ0) is 17.6. The maximum Gasteiger partial charge on any atom is 0.344 e. The minimum atomic E-state index is -0.645. The molecule has 8 heteroatoms. The molecule has 3 rings (SSSR count). The number of rotatable bonds is 6. The number of halogens is 2.